The first-order valence-corrected chi connectivity index (χ1v) is 23.2. The Morgan fingerprint density at radius 1 is 0.762 bits per heavy atom. The van der Waals surface area contributed by atoms with E-state index in [-0.39, 0.29) is 41.9 Å². The van der Waals surface area contributed by atoms with Gasteiger partial charge in [0.05, 0.1) is 24.3 Å². The Morgan fingerprint density at radius 3 is 2.05 bits per heavy atom. The van der Waals surface area contributed by atoms with E-state index >= 15 is 4.39 Å². The van der Waals surface area contributed by atoms with Gasteiger partial charge in [-0.05, 0) is 98.7 Å². The zero-order valence-corrected chi connectivity index (χ0v) is 36.4. The number of hydrogen-bond acceptors (Lipinski definition) is 10. The lowest BCUT2D eigenvalue weighted by atomic mass is 9.62. The fraction of sp³-hybridized carbons (Fsp3) is 0.551. The molecule has 0 bridgehead atoms. The lowest BCUT2D eigenvalue weighted by Crippen LogP contribution is -2.65. The van der Waals surface area contributed by atoms with E-state index in [4.69, 9.17) is 9.47 Å². The van der Waals surface area contributed by atoms with Crippen LogP contribution in [0.2, 0.25) is 0 Å². The topological polar surface area (TPSA) is 118 Å². The minimum atomic E-state index is -0.624. The monoisotopic (exact) mass is 861 g/mol. The van der Waals surface area contributed by atoms with Crippen molar-refractivity contribution in [1.29, 1.82) is 0 Å². The highest BCUT2D eigenvalue weighted by Crippen LogP contribution is 2.59. The summed E-state index contributed by atoms with van der Waals surface area (Å²) in [5, 5.41) is 2.39. The highest BCUT2D eigenvalue weighted by Gasteiger charge is 2.62. The number of carbonyl (C=O) groups is 4. The van der Waals surface area contributed by atoms with Gasteiger partial charge in [0, 0.05) is 120 Å². The van der Waals surface area contributed by atoms with Crippen LogP contribution in [0.25, 0.3) is 0 Å². The summed E-state index contributed by atoms with van der Waals surface area (Å²) in [6.07, 6.45) is 6.14. The summed E-state index contributed by atoms with van der Waals surface area (Å²) < 4.78 is 28.0. The zero-order valence-electron chi connectivity index (χ0n) is 36.4. The van der Waals surface area contributed by atoms with Crippen LogP contribution in [0.3, 0.4) is 0 Å². The van der Waals surface area contributed by atoms with Crippen molar-refractivity contribution in [2.45, 2.75) is 70.0 Å². The summed E-state index contributed by atoms with van der Waals surface area (Å²) >= 11 is 0. The molecular weight excluding hydrogens is 802 g/mol. The number of imide groups is 1. The maximum absolute atomic E-state index is 16.3. The number of piperazine rings is 1. The summed E-state index contributed by atoms with van der Waals surface area (Å²) in [5.41, 5.74) is 4.24. The summed E-state index contributed by atoms with van der Waals surface area (Å²) in [4.78, 5) is 64.5. The van der Waals surface area contributed by atoms with Gasteiger partial charge < -0.3 is 38.9 Å². The van der Waals surface area contributed by atoms with Crippen molar-refractivity contribution in [3.63, 3.8) is 0 Å². The van der Waals surface area contributed by atoms with Gasteiger partial charge in [-0.3, -0.25) is 24.5 Å². The van der Waals surface area contributed by atoms with Crippen molar-refractivity contribution in [2.75, 3.05) is 100 Å². The standard InChI is InChI=1S/C49H60FN7O6/c1-62-43-29-42(40(50)28-39(43)45-49(15-25-63-26-16-49)48(61)57(45)36-5-3-2-4-6-36)55-19-13-34(14-20-55)31-53-23-21-52(22-24-53)30-33-11-17-54(18-12-33)37-7-8-38-35(27-37)32-56(47(38)60)41-9-10-44(58)51-46(41)59/h2-8,27-29,33-34,41,45H,9-26,30-32H2,1H3,(H,51,58,59)/t41-,45-/m0/s1. The minimum Gasteiger partial charge on any atom is -0.496 e. The van der Waals surface area contributed by atoms with Gasteiger partial charge in [-0.2, -0.15) is 0 Å². The number of nitrogens with zero attached hydrogens (tertiary/aromatic N) is 6. The molecule has 3 aromatic carbocycles. The normalized spacial score (nSPS) is 25.1. The third kappa shape index (κ3) is 7.96. The average Bonchev–Trinajstić information content (AvgIpc) is 3.64. The number of β-lactam (4-membered cyclic amide) rings is 1. The number of methoxy groups -OCH3 is 1. The van der Waals surface area contributed by atoms with E-state index in [9.17, 15) is 19.2 Å². The van der Waals surface area contributed by atoms with Gasteiger partial charge in [-0.15, -0.1) is 0 Å². The minimum absolute atomic E-state index is 0.0758. The number of nitrogens with one attached hydrogen (secondary N) is 1. The lowest BCUT2D eigenvalue weighted by Gasteiger charge is -2.57. The molecule has 1 spiro atoms. The number of para-hydroxylation sites is 1. The predicted molar refractivity (Wildman–Crippen MR) is 237 cm³/mol. The lowest BCUT2D eigenvalue weighted by molar-refractivity contribution is -0.149. The molecule has 0 unspecified atom stereocenters. The SMILES string of the molecule is COc1cc(N2CCC(CN3CCN(CC4CCN(c5ccc6c(c5)CN([C@H]5CCC(=O)NC5=O)C6=O)CC4)CC3)CC2)c(F)cc1[C@@H]1N(c2ccccc2)C(=O)C12CCOCC2. The maximum atomic E-state index is 16.3. The fourth-order valence-corrected chi connectivity index (χ4v) is 11.7. The van der Waals surface area contributed by atoms with Crippen molar-refractivity contribution in [2.24, 2.45) is 17.3 Å². The second kappa shape index (κ2) is 17.5. The molecule has 14 heteroatoms. The zero-order chi connectivity index (χ0) is 43.2. The Labute approximate surface area is 369 Å². The number of amides is 4. The summed E-state index contributed by atoms with van der Waals surface area (Å²) in [7, 11) is 1.64. The summed E-state index contributed by atoms with van der Waals surface area (Å²) in [6.45, 7) is 11.5. The van der Waals surface area contributed by atoms with E-state index in [1.54, 1.807) is 18.1 Å². The molecule has 7 aliphatic heterocycles. The number of piperidine rings is 3. The van der Waals surface area contributed by atoms with Crippen LogP contribution in [0, 0.1) is 23.1 Å². The van der Waals surface area contributed by atoms with Crippen LogP contribution in [0.4, 0.5) is 21.5 Å². The quantitative estimate of drug-likeness (QED) is 0.215. The van der Waals surface area contributed by atoms with E-state index < -0.39 is 11.5 Å². The maximum Gasteiger partial charge on any atom is 0.255 e. The molecule has 0 aromatic heterocycles. The molecule has 2 atom stereocenters. The van der Waals surface area contributed by atoms with Crippen LogP contribution in [0.5, 0.6) is 5.75 Å². The Hall–Kier alpha value is -5.05. The Kier molecular flexibility index (Phi) is 11.6. The second-order valence-electron chi connectivity index (χ2n) is 18.9. The molecule has 7 heterocycles. The van der Waals surface area contributed by atoms with Crippen LogP contribution < -0.4 is 24.8 Å². The molecule has 3 aromatic rings. The second-order valence-corrected chi connectivity index (χ2v) is 18.9. The molecule has 7 aliphatic rings. The van der Waals surface area contributed by atoms with E-state index in [1.807, 2.05) is 53.4 Å². The number of fused-ring (bicyclic) bond motifs is 1. The summed E-state index contributed by atoms with van der Waals surface area (Å²) in [5.74, 6) is 0.895. The van der Waals surface area contributed by atoms with Crippen LogP contribution in [-0.4, -0.2) is 130 Å². The molecule has 6 fully saturated rings. The Morgan fingerprint density at radius 2 is 1.41 bits per heavy atom. The largest absolute Gasteiger partial charge is 0.496 e. The number of anilines is 3. The number of benzene rings is 3. The molecule has 0 radical (unpaired) electrons. The van der Waals surface area contributed by atoms with Crippen LogP contribution in [-0.2, 0) is 25.7 Å². The molecule has 63 heavy (non-hydrogen) atoms. The molecule has 6 saturated heterocycles. The average molecular weight is 862 g/mol. The van der Waals surface area contributed by atoms with E-state index in [0.717, 1.165) is 114 Å². The molecule has 0 aliphatic carbocycles. The van der Waals surface area contributed by atoms with Crippen molar-refractivity contribution < 1.29 is 33.0 Å². The fourth-order valence-electron chi connectivity index (χ4n) is 11.7. The summed E-state index contributed by atoms with van der Waals surface area (Å²) in [6, 6.07) is 18.3. The van der Waals surface area contributed by atoms with Crippen molar-refractivity contribution >= 4 is 40.7 Å². The molecule has 13 nitrogen and oxygen atoms in total. The van der Waals surface area contributed by atoms with Crippen LogP contribution >= 0.6 is 0 Å². The van der Waals surface area contributed by atoms with Crippen molar-refractivity contribution in [1.82, 2.24) is 20.0 Å². The smallest absolute Gasteiger partial charge is 0.255 e. The number of carbonyl (C=O) groups excluding carboxylic acids is 4. The number of ether oxygens (including phenoxy) is 2. The third-order valence-corrected chi connectivity index (χ3v) is 15.4. The van der Waals surface area contributed by atoms with Gasteiger partial charge in [-0.1, -0.05) is 18.2 Å². The number of halogens is 1. The van der Waals surface area contributed by atoms with E-state index in [2.05, 4.69) is 31.0 Å². The Bertz CT molecular complexity index is 2210. The van der Waals surface area contributed by atoms with Gasteiger partial charge in [0.25, 0.3) is 5.91 Å². The molecule has 334 valence electrons. The first kappa shape index (κ1) is 41.9. The molecule has 4 amide bonds. The Balaban J connectivity index is 0.684. The van der Waals surface area contributed by atoms with Gasteiger partial charge in [0.15, 0.2) is 0 Å². The van der Waals surface area contributed by atoms with Gasteiger partial charge in [-0.25, -0.2) is 4.39 Å². The van der Waals surface area contributed by atoms with E-state index in [1.165, 1.54) is 0 Å². The predicted octanol–water partition coefficient (Wildman–Crippen LogP) is 5.23. The van der Waals surface area contributed by atoms with E-state index in [0.29, 0.717) is 67.9 Å². The highest BCUT2D eigenvalue weighted by atomic mass is 19.1. The van der Waals surface area contributed by atoms with Gasteiger partial charge in [0.2, 0.25) is 17.7 Å². The first-order valence-electron chi connectivity index (χ1n) is 23.2. The van der Waals surface area contributed by atoms with Crippen molar-refractivity contribution in [3.05, 3.63) is 83.2 Å². The van der Waals surface area contributed by atoms with Crippen LogP contribution in [0.15, 0.2) is 60.7 Å². The molecule has 1 N–H and O–H groups in total. The first-order chi connectivity index (χ1) is 30.7. The van der Waals surface area contributed by atoms with Gasteiger partial charge in [0.1, 0.15) is 17.6 Å². The molecular formula is C49H60FN7O6. The highest BCUT2D eigenvalue weighted by molar-refractivity contribution is 6.07. The molecule has 0 saturated carbocycles. The number of hydrogen-bond donors (Lipinski definition) is 1. The molecule has 10 rings (SSSR count). The van der Waals surface area contributed by atoms with Gasteiger partial charge >= 0.3 is 0 Å². The number of rotatable bonds is 10. The van der Waals surface area contributed by atoms with Crippen LogP contribution in [0.1, 0.15) is 78.9 Å². The third-order valence-electron chi connectivity index (χ3n) is 15.4. The van der Waals surface area contributed by atoms with Crippen molar-refractivity contribution in [3.8, 4) is 5.75 Å².